The number of hydrogen-bond acceptors (Lipinski definition) is 6. The predicted molar refractivity (Wildman–Crippen MR) is 91.4 cm³/mol. The Bertz CT molecular complexity index is 860. The zero-order valence-electron chi connectivity index (χ0n) is 12.4. The lowest BCUT2D eigenvalue weighted by atomic mass is 10.1. The van der Waals surface area contributed by atoms with E-state index in [-0.39, 0.29) is 0 Å². The number of aromatic nitrogens is 3. The molecular weight excluding hydrogens is 336 g/mol. The van der Waals surface area contributed by atoms with Gasteiger partial charge in [-0.3, -0.25) is 4.21 Å². The third-order valence-corrected chi connectivity index (χ3v) is 6.19. The van der Waals surface area contributed by atoms with Crippen LogP contribution in [0, 0.1) is 0 Å². The average Bonchev–Trinajstić information content (AvgIpc) is 3.09. The van der Waals surface area contributed by atoms with Crippen molar-refractivity contribution in [2.45, 2.75) is 30.5 Å². The van der Waals surface area contributed by atoms with Crippen LogP contribution in [0.5, 0.6) is 0 Å². The molecule has 1 aromatic carbocycles. The fourth-order valence-corrected chi connectivity index (χ4v) is 4.27. The van der Waals surface area contributed by atoms with Crippen LogP contribution in [0.25, 0.3) is 4.96 Å². The SMILES string of the molecule is CCCCc1ccc(N=c2snc3sc(S(C)=O)nn23)cc1. The molecule has 5 nitrogen and oxygen atoms in total. The number of rotatable bonds is 5. The largest absolute Gasteiger partial charge is 0.252 e. The molecule has 2 aromatic heterocycles. The van der Waals surface area contributed by atoms with Gasteiger partial charge in [0.2, 0.25) is 14.1 Å². The Morgan fingerprint density at radius 2 is 2.09 bits per heavy atom. The molecule has 0 spiro atoms. The van der Waals surface area contributed by atoms with E-state index in [0.29, 0.717) is 9.14 Å². The molecule has 0 fully saturated rings. The highest BCUT2D eigenvalue weighted by Crippen LogP contribution is 2.17. The van der Waals surface area contributed by atoms with Gasteiger partial charge in [-0.1, -0.05) is 36.8 Å². The lowest BCUT2D eigenvalue weighted by Gasteiger charge is -1.99. The minimum Gasteiger partial charge on any atom is -0.252 e. The van der Waals surface area contributed by atoms with Gasteiger partial charge in [0.05, 0.1) is 16.5 Å². The minimum atomic E-state index is -1.09. The predicted octanol–water partition coefficient (Wildman–Crippen LogP) is 3.16. The summed E-state index contributed by atoms with van der Waals surface area (Å²) in [6, 6.07) is 8.26. The van der Waals surface area contributed by atoms with Crippen molar-refractivity contribution in [2.24, 2.45) is 4.99 Å². The number of fused-ring (bicyclic) bond motifs is 1. The van der Waals surface area contributed by atoms with Gasteiger partial charge in [0, 0.05) is 17.8 Å². The summed E-state index contributed by atoms with van der Waals surface area (Å²) in [6.45, 7) is 2.20. The van der Waals surface area contributed by atoms with E-state index >= 15 is 0 Å². The first-order valence-corrected chi connectivity index (χ1v) is 10.1. The van der Waals surface area contributed by atoms with E-state index < -0.39 is 10.8 Å². The number of unbranched alkanes of at least 4 members (excludes halogenated alkanes) is 1. The second kappa shape index (κ2) is 6.80. The Morgan fingerprint density at radius 1 is 1.32 bits per heavy atom. The van der Waals surface area contributed by atoms with Gasteiger partial charge in [-0.2, -0.15) is 8.89 Å². The first-order chi connectivity index (χ1) is 10.7. The minimum absolute atomic E-state index is 0.571. The number of nitrogens with zero attached hydrogens (tertiary/aromatic N) is 4. The molecule has 116 valence electrons. The summed E-state index contributed by atoms with van der Waals surface area (Å²) in [7, 11) is -1.09. The van der Waals surface area contributed by atoms with E-state index in [1.54, 1.807) is 10.8 Å². The highest BCUT2D eigenvalue weighted by molar-refractivity contribution is 7.86. The van der Waals surface area contributed by atoms with Gasteiger partial charge in [0.1, 0.15) is 0 Å². The zero-order valence-corrected chi connectivity index (χ0v) is 14.8. The molecular formula is C14H16N4OS3. The summed E-state index contributed by atoms with van der Waals surface area (Å²) in [6.07, 6.45) is 5.13. The molecule has 0 aliphatic heterocycles. The van der Waals surface area contributed by atoms with Crippen molar-refractivity contribution in [1.82, 2.24) is 14.0 Å². The van der Waals surface area contributed by atoms with Crippen LogP contribution < -0.4 is 4.80 Å². The van der Waals surface area contributed by atoms with Crippen molar-refractivity contribution < 1.29 is 4.21 Å². The van der Waals surface area contributed by atoms with Gasteiger partial charge >= 0.3 is 0 Å². The maximum Gasteiger partial charge on any atom is 0.231 e. The number of hydrogen-bond donors (Lipinski definition) is 0. The van der Waals surface area contributed by atoms with Crippen molar-refractivity contribution in [1.29, 1.82) is 0 Å². The van der Waals surface area contributed by atoms with Crippen molar-refractivity contribution in [3.05, 3.63) is 34.6 Å². The molecule has 22 heavy (non-hydrogen) atoms. The maximum absolute atomic E-state index is 11.5. The first-order valence-electron chi connectivity index (χ1n) is 7.00. The lowest BCUT2D eigenvalue weighted by molar-refractivity contribution is 0.683. The Morgan fingerprint density at radius 3 is 2.77 bits per heavy atom. The van der Waals surface area contributed by atoms with Crippen LogP contribution >= 0.6 is 22.9 Å². The van der Waals surface area contributed by atoms with E-state index in [1.807, 2.05) is 12.1 Å². The molecule has 0 aliphatic carbocycles. The van der Waals surface area contributed by atoms with Crippen LogP contribution in [0.3, 0.4) is 0 Å². The molecule has 1 atom stereocenters. The molecule has 2 heterocycles. The summed E-state index contributed by atoms with van der Waals surface area (Å²) < 4.78 is 18.0. The highest BCUT2D eigenvalue weighted by atomic mass is 32.2. The quantitative estimate of drug-likeness (QED) is 0.709. The Kier molecular flexibility index (Phi) is 4.80. The Hall–Kier alpha value is -1.38. The van der Waals surface area contributed by atoms with Crippen LogP contribution in [-0.4, -0.2) is 24.5 Å². The molecule has 0 N–H and O–H groups in total. The van der Waals surface area contributed by atoms with E-state index in [1.165, 1.54) is 41.3 Å². The average molecular weight is 353 g/mol. The molecule has 0 bridgehead atoms. The fourth-order valence-electron chi connectivity index (χ4n) is 1.98. The highest BCUT2D eigenvalue weighted by Gasteiger charge is 2.10. The smallest absolute Gasteiger partial charge is 0.231 e. The third kappa shape index (κ3) is 3.34. The zero-order chi connectivity index (χ0) is 15.5. The maximum atomic E-state index is 11.5. The summed E-state index contributed by atoms with van der Waals surface area (Å²) in [5.74, 6) is 0. The fraction of sp³-hybridized carbons (Fsp3) is 0.357. The van der Waals surface area contributed by atoms with Crippen LogP contribution in [-0.2, 0) is 17.2 Å². The van der Waals surface area contributed by atoms with E-state index in [9.17, 15) is 4.21 Å². The topological polar surface area (TPSA) is 59.6 Å². The van der Waals surface area contributed by atoms with Crippen molar-refractivity contribution in [2.75, 3.05) is 6.26 Å². The van der Waals surface area contributed by atoms with Gasteiger partial charge in [-0.25, -0.2) is 4.99 Å². The summed E-state index contributed by atoms with van der Waals surface area (Å²) in [5.41, 5.74) is 2.21. The molecule has 0 aliphatic rings. The van der Waals surface area contributed by atoms with E-state index in [0.717, 1.165) is 17.1 Å². The summed E-state index contributed by atoms with van der Waals surface area (Å²) in [5, 5.41) is 4.32. The first kappa shape index (κ1) is 15.5. The molecule has 0 radical (unpaired) electrons. The molecule has 3 aromatic rings. The second-order valence-electron chi connectivity index (χ2n) is 4.86. The molecule has 1 unspecified atom stereocenters. The van der Waals surface area contributed by atoms with E-state index in [4.69, 9.17) is 0 Å². The van der Waals surface area contributed by atoms with Crippen LogP contribution in [0.15, 0.2) is 33.6 Å². The van der Waals surface area contributed by atoms with Crippen molar-refractivity contribution in [3.8, 4) is 0 Å². The number of aryl methyl sites for hydroxylation is 1. The van der Waals surface area contributed by atoms with E-state index in [2.05, 4.69) is 33.5 Å². The summed E-state index contributed by atoms with van der Waals surface area (Å²) >= 11 is 2.64. The van der Waals surface area contributed by atoms with Crippen molar-refractivity contribution in [3.63, 3.8) is 0 Å². The van der Waals surface area contributed by atoms with Crippen LogP contribution in [0.2, 0.25) is 0 Å². The van der Waals surface area contributed by atoms with Gasteiger partial charge < -0.3 is 0 Å². The van der Waals surface area contributed by atoms with Gasteiger partial charge in [-0.15, -0.1) is 5.10 Å². The van der Waals surface area contributed by atoms with Crippen molar-refractivity contribution >= 4 is 44.3 Å². The Balaban J connectivity index is 1.92. The van der Waals surface area contributed by atoms with Crippen LogP contribution in [0.4, 0.5) is 5.69 Å². The Labute approximate surface area is 139 Å². The standard InChI is InChI=1S/C14H16N4OS3/c1-3-4-5-10-6-8-11(9-7-10)15-12-18-13(17-21-12)20-14(16-18)22(2)19/h6-9H,3-5H2,1-2H3. The molecule has 3 rings (SSSR count). The lowest BCUT2D eigenvalue weighted by Crippen LogP contribution is -2.07. The molecule has 0 amide bonds. The normalized spacial score (nSPS) is 13.8. The molecule has 0 saturated heterocycles. The third-order valence-electron chi connectivity index (χ3n) is 3.15. The number of benzene rings is 1. The second-order valence-corrected chi connectivity index (χ2v) is 8.10. The van der Waals surface area contributed by atoms with Gasteiger partial charge in [-0.05, 0) is 30.5 Å². The monoisotopic (exact) mass is 352 g/mol. The van der Waals surface area contributed by atoms with Gasteiger partial charge in [0.15, 0.2) is 0 Å². The molecule has 0 saturated carbocycles. The van der Waals surface area contributed by atoms with Gasteiger partial charge in [0.25, 0.3) is 0 Å². The molecule has 8 heteroatoms. The summed E-state index contributed by atoms with van der Waals surface area (Å²) in [4.78, 5) is 6.02. The van der Waals surface area contributed by atoms with Crippen LogP contribution in [0.1, 0.15) is 25.3 Å².